The van der Waals surface area contributed by atoms with E-state index < -0.39 is 10.7 Å². The average molecular weight is 284 g/mol. The molecule has 110 valence electrons. The van der Waals surface area contributed by atoms with Gasteiger partial charge in [0.1, 0.15) is 0 Å². The van der Waals surface area contributed by atoms with Crippen LogP contribution in [0.5, 0.6) is 0 Å². The number of carbonyl (C=O) groups excluding carboxylic acids is 1. The zero-order chi connectivity index (χ0) is 15.0. The third kappa shape index (κ3) is 5.21. The van der Waals surface area contributed by atoms with Crippen LogP contribution in [0.25, 0.3) is 0 Å². The van der Waals surface area contributed by atoms with E-state index in [0.717, 1.165) is 25.3 Å². The molecule has 0 radical (unpaired) electrons. The summed E-state index contributed by atoms with van der Waals surface area (Å²) in [5.74, 6) is -0.881. The molecule has 1 aromatic rings. The number of carbonyl (C=O) groups is 1. The summed E-state index contributed by atoms with van der Waals surface area (Å²) in [6, 6.07) is 3.49. The third-order valence-corrected chi connectivity index (χ3v) is 2.76. The highest BCUT2D eigenvalue weighted by atomic mass is 19.1. The van der Waals surface area contributed by atoms with E-state index in [0.29, 0.717) is 13.0 Å². The minimum atomic E-state index is -0.645. The van der Waals surface area contributed by atoms with Crippen LogP contribution in [0.2, 0.25) is 0 Å². The number of rotatable bonds is 8. The maximum atomic E-state index is 13.5. The van der Waals surface area contributed by atoms with E-state index >= 15 is 0 Å². The minimum absolute atomic E-state index is 0.237. The summed E-state index contributed by atoms with van der Waals surface area (Å²) in [7, 11) is 1.35. The molecule has 6 nitrogen and oxygen atoms in total. The second-order valence-corrected chi connectivity index (χ2v) is 4.23. The Morgan fingerprint density at radius 1 is 1.40 bits per heavy atom. The number of anilines is 1. The highest BCUT2D eigenvalue weighted by Gasteiger charge is 2.10. The number of halogens is 1. The van der Waals surface area contributed by atoms with Crippen molar-refractivity contribution in [3.8, 4) is 0 Å². The van der Waals surface area contributed by atoms with Gasteiger partial charge in [-0.15, -0.1) is 0 Å². The number of nitro benzene ring substituents is 1. The van der Waals surface area contributed by atoms with Gasteiger partial charge in [0.05, 0.1) is 23.8 Å². The fraction of sp³-hybridized carbons (Fsp3) is 0.462. The molecule has 1 aromatic carbocycles. The summed E-state index contributed by atoms with van der Waals surface area (Å²) in [5.41, 5.74) is -0.0327. The van der Waals surface area contributed by atoms with E-state index in [4.69, 9.17) is 0 Å². The Kier molecular flexibility index (Phi) is 6.42. The van der Waals surface area contributed by atoms with Crippen molar-refractivity contribution < 1.29 is 18.8 Å². The lowest BCUT2D eigenvalue weighted by Crippen LogP contribution is -2.05. The van der Waals surface area contributed by atoms with Gasteiger partial charge in [0.25, 0.3) is 5.69 Å². The monoisotopic (exact) mass is 284 g/mol. The highest BCUT2D eigenvalue weighted by molar-refractivity contribution is 5.68. The van der Waals surface area contributed by atoms with Crippen LogP contribution in [0.4, 0.5) is 15.8 Å². The SMILES string of the molecule is COC(=O)CCCCCNc1ccc([N+](=O)[O-])cc1F. The molecule has 0 spiro atoms. The van der Waals surface area contributed by atoms with Gasteiger partial charge in [-0.05, 0) is 18.9 Å². The van der Waals surface area contributed by atoms with Gasteiger partial charge >= 0.3 is 5.97 Å². The second kappa shape index (κ2) is 8.08. The van der Waals surface area contributed by atoms with Crippen LogP contribution in [-0.4, -0.2) is 24.5 Å². The number of non-ortho nitro benzene ring substituents is 1. The Labute approximate surface area is 116 Å². The van der Waals surface area contributed by atoms with Gasteiger partial charge in [-0.2, -0.15) is 0 Å². The van der Waals surface area contributed by atoms with E-state index in [1.165, 1.54) is 19.2 Å². The first kappa shape index (κ1) is 15.9. The first-order valence-corrected chi connectivity index (χ1v) is 6.29. The lowest BCUT2D eigenvalue weighted by Gasteiger charge is -2.07. The zero-order valence-electron chi connectivity index (χ0n) is 11.2. The van der Waals surface area contributed by atoms with Crippen LogP contribution in [-0.2, 0) is 9.53 Å². The molecule has 0 heterocycles. The van der Waals surface area contributed by atoms with Crippen molar-refractivity contribution in [2.75, 3.05) is 19.0 Å². The number of benzene rings is 1. The standard InChI is InChI=1S/C13H17FN2O4/c1-20-13(17)5-3-2-4-8-15-12-7-6-10(16(18)19)9-11(12)14/h6-7,9,15H,2-5,8H2,1H3. The summed E-state index contributed by atoms with van der Waals surface area (Å²) in [4.78, 5) is 20.7. The van der Waals surface area contributed by atoms with E-state index in [1.54, 1.807) is 0 Å². The normalized spacial score (nSPS) is 10.1. The van der Waals surface area contributed by atoms with E-state index in [9.17, 15) is 19.3 Å². The van der Waals surface area contributed by atoms with Gasteiger partial charge in [-0.3, -0.25) is 14.9 Å². The molecule has 7 heteroatoms. The molecule has 0 unspecified atom stereocenters. The smallest absolute Gasteiger partial charge is 0.305 e. The fourth-order valence-electron chi connectivity index (χ4n) is 1.66. The van der Waals surface area contributed by atoms with Crippen molar-refractivity contribution in [2.45, 2.75) is 25.7 Å². The fourth-order valence-corrected chi connectivity index (χ4v) is 1.66. The van der Waals surface area contributed by atoms with Crippen LogP contribution in [0.15, 0.2) is 18.2 Å². The van der Waals surface area contributed by atoms with Crippen molar-refractivity contribution in [1.29, 1.82) is 0 Å². The lowest BCUT2D eigenvalue weighted by molar-refractivity contribution is -0.385. The van der Waals surface area contributed by atoms with E-state index in [1.807, 2.05) is 0 Å². The molecule has 0 bridgehead atoms. The summed E-state index contributed by atoms with van der Waals surface area (Å²) in [6.45, 7) is 0.538. The van der Waals surface area contributed by atoms with Crippen LogP contribution in [0.1, 0.15) is 25.7 Å². The average Bonchev–Trinajstić information content (AvgIpc) is 2.43. The van der Waals surface area contributed by atoms with Gasteiger partial charge in [0, 0.05) is 19.0 Å². The number of nitrogens with zero attached hydrogens (tertiary/aromatic N) is 1. The predicted molar refractivity (Wildman–Crippen MR) is 72.0 cm³/mol. The molecular weight excluding hydrogens is 267 g/mol. The molecule has 1 rings (SSSR count). The Hall–Kier alpha value is -2.18. The number of hydrogen-bond donors (Lipinski definition) is 1. The van der Waals surface area contributed by atoms with Crippen LogP contribution < -0.4 is 5.32 Å². The van der Waals surface area contributed by atoms with Crippen molar-refractivity contribution in [3.63, 3.8) is 0 Å². The number of methoxy groups -OCH3 is 1. The Morgan fingerprint density at radius 3 is 2.75 bits per heavy atom. The lowest BCUT2D eigenvalue weighted by atomic mass is 10.2. The number of ether oxygens (including phenoxy) is 1. The topological polar surface area (TPSA) is 81.5 Å². The van der Waals surface area contributed by atoms with Crippen molar-refractivity contribution in [3.05, 3.63) is 34.1 Å². The maximum absolute atomic E-state index is 13.5. The Morgan fingerprint density at radius 2 is 2.15 bits per heavy atom. The van der Waals surface area contributed by atoms with E-state index in [2.05, 4.69) is 10.1 Å². The molecule has 20 heavy (non-hydrogen) atoms. The molecule has 0 aromatic heterocycles. The van der Waals surface area contributed by atoms with Gasteiger partial charge < -0.3 is 10.1 Å². The molecule has 0 saturated heterocycles. The first-order valence-electron chi connectivity index (χ1n) is 6.29. The summed E-state index contributed by atoms with van der Waals surface area (Å²) < 4.78 is 18.0. The Bertz CT molecular complexity index is 479. The van der Waals surface area contributed by atoms with Crippen LogP contribution >= 0.6 is 0 Å². The molecule has 0 fully saturated rings. The van der Waals surface area contributed by atoms with Crippen LogP contribution in [0.3, 0.4) is 0 Å². The van der Waals surface area contributed by atoms with Crippen molar-refractivity contribution >= 4 is 17.3 Å². The van der Waals surface area contributed by atoms with Gasteiger partial charge in [-0.1, -0.05) is 6.42 Å². The molecule has 1 N–H and O–H groups in total. The van der Waals surface area contributed by atoms with Crippen LogP contribution in [0, 0.1) is 15.9 Å². The molecular formula is C13H17FN2O4. The number of nitrogens with one attached hydrogen (secondary N) is 1. The van der Waals surface area contributed by atoms with Gasteiger partial charge in [0.15, 0.2) is 5.82 Å². The Balaban J connectivity index is 2.29. The first-order chi connectivity index (χ1) is 9.54. The maximum Gasteiger partial charge on any atom is 0.305 e. The third-order valence-electron chi connectivity index (χ3n) is 2.76. The minimum Gasteiger partial charge on any atom is -0.469 e. The number of hydrogen-bond acceptors (Lipinski definition) is 5. The van der Waals surface area contributed by atoms with Crippen molar-refractivity contribution in [2.24, 2.45) is 0 Å². The molecule has 0 aliphatic heterocycles. The highest BCUT2D eigenvalue weighted by Crippen LogP contribution is 2.20. The quantitative estimate of drug-likeness (QED) is 0.343. The zero-order valence-corrected chi connectivity index (χ0v) is 11.2. The number of unbranched alkanes of at least 4 members (excludes halogenated alkanes) is 2. The number of nitro groups is 1. The van der Waals surface area contributed by atoms with E-state index in [-0.39, 0.29) is 17.3 Å². The summed E-state index contributed by atoms with van der Waals surface area (Å²) >= 11 is 0. The molecule has 0 amide bonds. The summed E-state index contributed by atoms with van der Waals surface area (Å²) in [6.07, 6.45) is 2.68. The largest absolute Gasteiger partial charge is 0.469 e. The van der Waals surface area contributed by atoms with Crippen molar-refractivity contribution in [1.82, 2.24) is 0 Å². The predicted octanol–water partition coefficient (Wildman–Crippen LogP) is 2.88. The molecule has 0 saturated carbocycles. The second-order valence-electron chi connectivity index (χ2n) is 4.23. The summed E-state index contributed by atoms with van der Waals surface area (Å²) in [5, 5.41) is 13.3. The molecule has 0 aliphatic carbocycles. The molecule has 0 atom stereocenters. The van der Waals surface area contributed by atoms with Gasteiger partial charge in [-0.25, -0.2) is 4.39 Å². The van der Waals surface area contributed by atoms with Gasteiger partial charge in [0.2, 0.25) is 0 Å². The number of esters is 1. The molecule has 0 aliphatic rings.